The minimum atomic E-state index is -0.686. The number of nitro groups is 1. The van der Waals surface area contributed by atoms with Gasteiger partial charge in [0.25, 0.3) is 5.69 Å². The van der Waals surface area contributed by atoms with Gasteiger partial charge in [-0.2, -0.15) is 0 Å². The van der Waals surface area contributed by atoms with Crippen molar-refractivity contribution in [1.82, 2.24) is 9.97 Å². The lowest BCUT2D eigenvalue weighted by Crippen LogP contribution is -2.01. The number of nitrogens with zero attached hydrogens (tertiary/aromatic N) is 3. The molecule has 0 aliphatic carbocycles. The average Bonchev–Trinajstić information content (AvgIpc) is 2.30. The molecule has 0 aliphatic heterocycles. The van der Waals surface area contributed by atoms with Gasteiger partial charge in [-0.3, -0.25) is 10.1 Å². The molecule has 1 heterocycles. The summed E-state index contributed by atoms with van der Waals surface area (Å²) in [5, 5.41) is 13.8. The van der Waals surface area contributed by atoms with Gasteiger partial charge >= 0.3 is 0 Å². The number of nitro benzene ring substituents is 1. The number of hydrogen-bond acceptors (Lipinski definition) is 5. The summed E-state index contributed by atoms with van der Waals surface area (Å²) in [6.45, 7) is 1.64. The highest BCUT2D eigenvalue weighted by atomic mass is 35.5. The van der Waals surface area contributed by atoms with E-state index in [1.807, 2.05) is 0 Å². The number of hydrogen-bond donors (Lipinski definition) is 1. The number of aryl methyl sites for hydroxylation is 1. The largest absolute Gasteiger partial charge is 0.334 e. The number of nitrogens with one attached hydrogen (secondary N) is 1. The highest BCUT2D eigenvalue weighted by Crippen LogP contribution is 2.28. The van der Waals surface area contributed by atoms with Crippen molar-refractivity contribution in [2.45, 2.75) is 6.92 Å². The lowest BCUT2D eigenvalue weighted by molar-refractivity contribution is -0.384. The van der Waals surface area contributed by atoms with Gasteiger partial charge in [-0.1, -0.05) is 11.6 Å². The van der Waals surface area contributed by atoms with Gasteiger partial charge in [-0.05, 0) is 19.1 Å². The molecule has 0 fully saturated rings. The second-order valence-corrected chi connectivity index (χ2v) is 4.05. The molecule has 2 aromatic rings. The Bertz CT molecular complexity index is 630. The summed E-state index contributed by atoms with van der Waals surface area (Å²) in [6.07, 6.45) is 0. The number of anilines is 2. The van der Waals surface area contributed by atoms with E-state index in [2.05, 4.69) is 15.3 Å². The third-order valence-corrected chi connectivity index (χ3v) is 2.42. The van der Waals surface area contributed by atoms with Crippen molar-refractivity contribution in [1.29, 1.82) is 0 Å². The second kappa shape index (κ2) is 5.15. The van der Waals surface area contributed by atoms with Crippen LogP contribution in [0.3, 0.4) is 0 Å². The minimum absolute atomic E-state index is 0.126. The maximum absolute atomic E-state index is 13.0. The predicted octanol–water partition coefficient (Wildman–Crippen LogP) is 3.23. The Morgan fingerprint density at radius 1 is 1.37 bits per heavy atom. The molecular weight excluding hydrogens is 275 g/mol. The standard InChI is InChI=1S/C11H8ClFN4O2/c1-6-14-10(12)5-11(15-6)16-8-3-2-7(13)4-9(8)17(18)19/h2-5H,1H3,(H,14,15,16). The van der Waals surface area contributed by atoms with Gasteiger partial charge < -0.3 is 5.32 Å². The summed E-state index contributed by atoms with van der Waals surface area (Å²) in [4.78, 5) is 18.1. The van der Waals surface area contributed by atoms with E-state index in [1.54, 1.807) is 6.92 Å². The van der Waals surface area contributed by atoms with Crippen molar-refractivity contribution in [3.8, 4) is 0 Å². The number of rotatable bonds is 3. The zero-order chi connectivity index (χ0) is 14.0. The van der Waals surface area contributed by atoms with Crippen molar-refractivity contribution in [3.63, 3.8) is 0 Å². The molecule has 0 spiro atoms. The van der Waals surface area contributed by atoms with E-state index in [0.717, 1.165) is 12.1 Å². The van der Waals surface area contributed by atoms with Crippen LogP contribution in [0.1, 0.15) is 5.82 Å². The van der Waals surface area contributed by atoms with Crippen LogP contribution in [-0.4, -0.2) is 14.9 Å². The van der Waals surface area contributed by atoms with Crippen LogP contribution >= 0.6 is 11.6 Å². The summed E-state index contributed by atoms with van der Waals surface area (Å²) in [5.74, 6) is 0.0288. The maximum Gasteiger partial charge on any atom is 0.295 e. The molecule has 19 heavy (non-hydrogen) atoms. The Morgan fingerprint density at radius 3 is 2.74 bits per heavy atom. The molecule has 0 bridgehead atoms. The number of aromatic nitrogens is 2. The topological polar surface area (TPSA) is 81.0 Å². The smallest absolute Gasteiger partial charge is 0.295 e. The SMILES string of the molecule is Cc1nc(Cl)cc(Nc2ccc(F)cc2[N+](=O)[O-])n1. The van der Waals surface area contributed by atoms with Crippen molar-refractivity contribution in [2.75, 3.05) is 5.32 Å². The fourth-order valence-electron chi connectivity index (χ4n) is 1.49. The van der Waals surface area contributed by atoms with Gasteiger partial charge in [0.1, 0.15) is 28.3 Å². The number of benzene rings is 1. The molecule has 6 nitrogen and oxygen atoms in total. The summed E-state index contributed by atoms with van der Waals surface area (Å²) >= 11 is 5.76. The van der Waals surface area contributed by atoms with Gasteiger partial charge in [0, 0.05) is 6.07 Å². The fraction of sp³-hybridized carbons (Fsp3) is 0.0909. The Balaban J connectivity index is 2.40. The molecular formula is C11H8ClFN4O2. The fourth-order valence-corrected chi connectivity index (χ4v) is 1.72. The van der Waals surface area contributed by atoms with Crippen LogP contribution in [0, 0.1) is 22.9 Å². The Morgan fingerprint density at radius 2 is 2.11 bits per heavy atom. The average molecular weight is 283 g/mol. The van der Waals surface area contributed by atoms with E-state index in [9.17, 15) is 14.5 Å². The van der Waals surface area contributed by atoms with Gasteiger partial charge in [-0.15, -0.1) is 0 Å². The lowest BCUT2D eigenvalue weighted by Gasteiger charge is -2.07. The van der Waals surface area contributed by atoms with E-state index < -0.39 is 10.7 Å². The van der Waals surface area contributed by atoms with Crippen molar-refractivity contribution >= 4 is 28.8 Å². The van der Waals surface area contributed by atoms with Crippen molar-refractivity contribution < 1.29 is 9.31 Å². The molecule has 1 N–H and O–H groups in total. The molecule has 0 radical (unpaired) electrons. The van der Waals surface area contributed by atoms with Crippen LogP contribution in [0.4, 0.5) is 21.6 Å². The quantitative estimate of drug-likeness (QED) is 0.531. The summed E-state index contributed by atoms with van der Waals surface area (Å²) in [5.41, 5.74) is -0.257. The Hall–Kier alpha value is -2.28. The van der Waals surface area contributed by atoms with Gasteiger partial charge in [0.05, 0.1) is 11.0 Å². The Kier molecular flexibility index (Phi) is 3.57. The van der Waals surface area contributed by atoms with E-state index in [0.29, 0.717) is 11.6 Å². The predicted molar refractivity (Wildman–Crippen MR) is 68.1 cm³/mol. The zero-order valence-electron chi connectivity index (χ0n) is 9.72. The van der Waals surface area contributed by atoms with E-state index in [4.69, 9.17) is 11.6 Å². The maximum atomic E-state index is 13.0. The van der Waals surface area contributed by atoms with Crippen LogP contribution in [0.25, 0.3) is 0 Å². The van der Waals surface area contributed by atoms with Gasteiger partial charge in [-0.25, -0.2) is 14.4 Å². The van der Waals surface area contributed by atoms with Gasteiger partial charge in [0.2, 0.25) is 0 Å². The minimum Gasteiger partial charge on any atom is -0.334 e. The Labute approximate surface area is 112 Å². The van der Waals surface area contributed by atoms with Crippen LogP contribution < -0.4 is 5.32 Å². The molecule has 0 amide bonds. The monoisotopic (exact) mass is 282 g/mol. The van der Waals surface area contributed by atoms with Crippen LogP contribution in [-0.2, 0) is 0 Å². The summed E-state index contributed by atoms with van der Waals surface area (Å²) in [7, 11) is 0. The van der Waals surface area contributed by atoms with Crippen LogP contribution in [0.15, 0.2) is 24.3 Å². The molecule has 98 valence electrons. The molecule has 0 saturated heterocycles. The molecule has 0 atom stereocenters. The van der Waals surface area contributed by atoms with Crippen LogP contribution in [0.5, 0.6) is 0 Å². The van der Waals surface area contributed by atoms with Crippen molar-refractivity contribution in [2.24, 2.45) is 0 Å². The number of halogens is 2. The highest BCUT2D eigenvalue weighted by Gasteiger charge is 2.15. The first kappa shape index (κ1) is 13.2. The first-order chi connectivity index (χ1) is 8.95. The normalized spacial score (nSPS) is 10.3. The molecule has 0 saturated carbocycles. The van der Waals surface area contributed by atoms with Crippen LogP contribution in [0.2, 0.25) is 5.15 Å². The van der Waals surface area contributed by atoms with E-state index in [-0.39, 0.29) is 16.5 Å². The van der Waals surface area contributed by atoms with Crippen molar-refractivity contribution in [3.05, 3.63) is 51.2 Å². The summed E-state index contributed by atoms with van der Waals surface area (Å²) in [6, 6.07) is 4.63. The zero-order valence-corrected chi connectivity index (χ0v) is 10.5. The first-order valence-electron chi connectivity index (χ1n) is 5.18. The molecule has 1 aromatic carbocycles. The lowest BCUT2D eigenvalue weighted by atomic mass is 10.2. The molecule has 1 aromatic heterocycles. The molecule has 2 rings (SSSR count). The summed E-state index contributed by atoms with van der Waals surface area (Å²) < 4.78 is 13.0. The highest BCUT2D eigenvalue weighted by molar-refractivity contribution is 6.29. The molecule has 0 unspecified atom stereocenters. The third-order valence-electron chi connectivity index (χ3n) is 2.23. The second-order valence-electron chi connectivity index (χ2n) is 3.67. The molecule has 8 heteroatoms. The molecule has 0 aliphatic rings. The van der Waals surface area contributed by atoms with E-state index in [1.165, 1.54) is 12.1 Å². The van der Waals surface area contributed by atoms with E-state index >= 15 is 0 Å². The first-order valence-corrected chi connectivity index (χ1v) is 5.55. The van der Waals surface area contributed by atoms with Gasteiger partial charge in [0.15, 0.2) is 0 Å². The third kappa shape index (κ3) is 3.14.